The summed E-state index contributed by atoms with van der Waals surface area (Å²) in [6, 6.07) is 5.25. The highest BCUT2D eigenvalue weighted by atomic mass is 35.5. The van der Waals surface area contributed by atoms with Crippen LogP contribution >= 0.6 is 23.2 Å². The predicted octanol–water partition coefficient (Wildman–Crippen LogP) is 2.38. The Morgan fingerprint density at radius 3 is 2.46 bits per heavy atom. The largest absolute Gasteiger partial charge is 0.476 e. The fourth-order valence-corrected chi connectivity index (χ4v) is 3.14. The Morgan fingerprint density at radius 1 is 1.29 bits per heavy atom. The van der Waals surface area contributed by atoms with Crippen LogP contribution in [0.3, 0.4) is 0 Å². The van der Waals surface area contributed by atoms with Crippen LogP contribution in [-0.2, 0) is 16.8 Å². The van der Waals surface area contributed by atoms with Crippen LogP contribution in [0.15, 0.2) is 24.4 Å². The molecular formula is C15H16Cl2N4O3. The fraction of sp³-hybridized carbons (Fsp3) is 0.333. The number of hydrogen-bond donors (Lipinski definition) is 2. The Morgan fingerprint density at radius 2 is 1.92 bits per heavy atom. The Bertz CT molecular complexity index is 754. The van der Waals surface area contributed by atoms with Gasteiger partial charge in [0.25, 0.3) is 0 Å². The monoisotopic (exact) mass is 370 g/mol. The van der Waals surface area contributed by atoms with Crippen LogP contribution < -0.4 is 5.32 Å². The maximum absolute atomic E-state index is 12.0. The minimum absolute atomic E-state index is 0.132. The number of halogens is 2. The van der Waals surface area contributed by atoms with E-state index in [1.807, 2.05) is 13.8 Å². The number of carboxylic acids is 1. The summed E-state index contributed by atoms with van der Waals surface area (Å²) < 4.78 is 1.16. The molecule has 0 aliphatic rings. The Kier molecular flexibility index (Phi) is 5.46. The van der Waals surface area contributed by atoms with E-state index < -0.39 is 11.4 Å². The summed E-state index contributed by atoms with van der Waals surface area (Å²) in [5.41, 5.74) is 0.0492. The van der Waals surface area contributed by atoms with E-state index in [0.717, 1.165) is 10.2 Å². The van der Waals surface area contributed by atoms with Crippen LogP contribution in [0.2, 0.25) is 10.0 Å². The van der Waals surface area contributed by atoms with Gasteiger partial charge in [0, 0.05) is 22.0 Å². The third kappa shape index (κ3) is 4.24. The number of aromatic nitrogens is 3. The summed E-state index contributed by atoms with van der Waals surface area (Å²) >= 11 is 12.4. The maximum atomic E-state index is 12.0. The number of amides is 1. The molecule has 0 saturated carbocycles. The van der Waals surface area contributed by atoms with E-state index in [9.17, 15) is 9.59 Å². The third-order valence-electron chi connectivity index (χ3n) is 3.43. The van der Waals surface area contributed by atoms with Gasteiger partial charge >= 0.3 is 5.97 Å². The lowest BCUT2D eigenvalue weighted by Crippen LogP contribution is -2.38. The van der Waals surface area contributed by atoms with Gasteiger partial charge in [-0.25, -0.2) is 9.48 Å². The van der Waals surface area contributed by atoms with Gasteiger partial charge in [-0.05, 0) is 17.7 Å². The smallest absolute Gasteiger partial charge is 0.358 e. The molecule has 9 heteroatoms. The van der Waals surface area contributed by atoms with Gasteiger partial charge in [0.05, 0.1) is 6.20 Å². The maximum Gasteiger partial charge on any atom is 0.358 e. The number of carbonyl (C=O) groups is 2. The second kappa shape index (κ2) is 7.19. The van der Waals surface area contributed by atoms with Crippen LogP contribution in [0.1, 0.15) is 29.9 Å². The number of carbonyl (C=O) groups excluding carboxylic acids is 1. The van der Waals surface area contributed by atoms with Crippen LogP contribution in [0.4, 0.5) is 0 Å². The molecule has 0 spiro atoms. The van der Waals surface area contributed by atoms with E-state index in [1.165, 1.54) is 6.20 Å². The highest BCUT2D eigenvalue weighted by molar-refractivity contribution is 6.36. The molecule has 0 saturated heterocycles. The van der Waals surface area contributed by atoms with Gasteiger partial charge in [0.1, 0.15) is 6.54 Å². The molecular weight excluding hydrogens is 355 g/mol. The molecule has 2 rings (SSSR count). The van der Waals surface area contributed by atoms with E-state index in [4.69, 9.17) is 28.3 Å². The van der Waals surface area contributed by atoms with Crippen molar-refractivity contribution in [3.8, 4) is 0 Å². The van der Waals surface area contributed by atoms with Gasteiger partial charge in [-0.2, -0.15) is 0 Å². The zero-order chi connectivity index (χ0) is 17.9. The van der Waals surface area contributed by atoms with Crippen LogP contribution in [0.25, 0.3) is 0 Å². The topological polar surface area (TPSA) is 97.1 Å². The summed E-state index contributed by atoms with van der Waals surface area (Å²) in [5.74, 6) is -1.52. The number of hydrogen-bond acceptors (Lipinski definition) is 4. The van der Waals surface area contributed by atoms with Gasteiger partial charge in [-0.15, -0.1) is 5.10 Å². The second-order valence-corrected chi connectivity index (χ2v) is 6.68. The van der Waals surface area contributed by atoms with Gasteiger partial charge in [0.15, 0.2) is 5.69 Å². The highest BCUT2D eigenvalue weighted by Crippen LogP contribution is 2.35. The summed E-state index contributed by atoms with van der Waals surface area (Å²) in [6.07, 6.45) is 1.19. The SMILES string of the molecule is CC(C)(CNC(=O)Cn1cc(C(=O)O)nn1)c1c(Cl)cccc1Cl. The molecule has 24 heavy (non-hydrogen) atoms. The summed E-state index contributed by atoms with van der Waals surface area (Å²) in [6.45, 7) is 4.00. The van der Waals surface area contributed by atoms with E-state index in [-0.39, 0.29) is 18.1 Å². The quantitative estimate of drug-likeness (QED) is 0.813. The second-order valence-electron chi connectivity index (χ2n) is 5.86. The standard InChI is InChI=1S/C15H16Cl2N4O3/c1-15(2,13-9(16)4-3-5-10(13)17)8-18-12(22)7-21-6-11(14(23)24)19-20-21/h3-6H,7-8H2,1-2H3,(H,18,22)(H,23,24). The van der Waals surface area contributed by atoms with Crippen molar-refractivity contribution in [2.45, 2.75) is 25.8 Å². The zero-order valence-corrected chi connectivity index (χ0v) is 14.6. The van der Waals surface area contributed by atoms with Gasteiger partial charge in [-0.3, -0.25) is 4.79 Å². The van der Waals surface area contributed by atoms with E-state index in [0.29, 0.717) is 16.6 Å². The molecule has 1 heterocycles. The number of aromatic carboxylic acids is 1. The van der Waals surface area contributed by atoms with Crippen molar-refractivity contribution in [2.75, 3.05) is 6.54 Å². The van der Waals surface area contributed by atoms with Crippen LogP contribution in [0, 0.1) is 0 Å². The van der Waals surface area contributed by atoms with Gasteiger partial charge < -0.3 is 10.4 Å². The molecule has 0 bridgehead atoms. The molecule has 128 valence electrons. The molecule has 7 nitrogen and oxygen atoms in total. The third-order valence-corrected chi connectivity index (χ3v) is 4.06. The molecule has 0 radical (unpaired) electrons. The Labute approximate surface area is 148 Å². The Hall–Kier alpha value is -2.12. The number of rotatable bonds is 6. The first-order chi connectivity index (χ1) is 11.2. The Balaban J connectivity index is 2.00. The average molecular weight is 371 g/mol. The molecule has 2 N–H and O–H groups in total. The number of nitrogens with one attached hydrogen (secondary N) is 1. The molecule has 0 aliphatic heterocycles. The number of nitrogens with zero attached hydrogens (tertiary/aromatic N) is 3. The molecule has 0 aliphatic carbocycles. The summed E-state index contributed by atoms with van der Waals surface area (Å²) in [7, 11) is 0. The minimum atomic E-state index is -1.20. The molecule has 1 amide bonds. The summed E-state index contributed by atoms with van der Waals surface area (Å²) in [4.78, 5) is 22.8. The molecule has 0 unspecified atom stereocenters. The zero-order valence-electron chi connectivity index (χ0n) is 13.1. The molecule has 1 aromatic carbocycles. The van der Waals surface area contributed by atoms with E-state index >= 15 is 0 Å². The normalized spacial score (nSPS) is 11.3. The van der Waals surface area contributed by atoms with Crippen molar-refractivity contribution < 1.29 is 14.7 Å². The molecule has 2 aromatic rings. The minimum Gasteiger partial charge on any atom is -0.476 e. The van der Waals surface area contributed by atoms with Crippen molar-refractivity contribution in [1.82, 2.24) is 20.3 Å². The van der Waals surface area contributed by atoms with Crippen molar-refractivity contribution in [3.05, 3.63) is 45.7 Å². The van der Waals surface area contributed by atoms with Crippen molar-refractivity contribution in [1.29, 1.82) is 0 Å². The van der Waals surface area contributed by atoms with Gasteiger partial charge in [-0.1, -0.05) is 48.3 Å². The molecule has 1 aromatic heterocycles. The van der Waals surface area contributed by atoms with Crippen molar-refractivity contribution >= 4 is 35.1 Å². The number of benzene rings is 1. The van der Waals surface area contributed by atoms with E-state index in [2.05, 4.69) is 15.6 Å². The average Bonchev–Trinajstić information content (AvgIpc) is 2.93. The lowest BCUT2D eigenvalue weighted by molar-refractivity contribution is -0.122. The van der Waals surface area contributed by atoms with Crippen molar-refractivity contribution in [2.24, 2.45) is 0 Å². The fourth-order valence-electron chi connectivity index (χ4n) is 2.23. The first-order valence-corrected chi connectivity index (χ1v) is 7.81. The lowest BCUT2D eigenvalue weighted by atomic mass is 9.84. The molecule has 0 fully saturated rings. The first-order valence-electron chi connectivity index (χ1n) is 7.05. The van der Waals surface area contributed by atoms with Gasteiger partial charge in [0.2, 0.25) is 5.91 Å². The van der Waals surface area contributed by atoms with Crippen molar-refractivity contribution in [3.63, 3.8) is 0 Å². The van der Waals surface area contributed by atoms with Crippen LogP contribution in [0.5, 0.6) is 0 Å². The lowest BCUT2D eigenvalue weighted by Gasteiger charge is -2.27. The summed E-state index contributed by atoms with van der Waals surface area (Å²) in [5, 5.41) is 19.7. The van der Waals surface area contributed by atoms with E-state index in [1.54, 1.807) is 18.2 Å². The predicted molar refractivity (Wildman–Crippen MR) is 89.5 cm³/mol. The first kappa shape index (κ1) is 18.2. The van der Waals surface area contributed by atoms with Crippen LogP contribution in [-0.4, -0.2) is 38.5 Å². The number of carboxylic acid groups (broad SMARTS) is 1. The molecule has 0 atom stereocenters. The highest BCUT2D eigenvalue weighted by Gasteiger charge is 2.26.